The van der Waals surface area contributed by atoms with Gasteiger partial charge >= 0.3 is 0 Å². The van der Waals surface area contributed by atoms with Gasteiger partial charge in [0.1, 0.15) is 5.69 Å². The molecule has 25 heavy (non-hydrogen) atoms. The van der Waals surface area contributed by atoms with E-state index in [0.717, 1.165) is 27.7 Å². The molecule has 4 aromatic rings. The molecule has 7 heteroatoms. The van der Waals surface area contributed by atoms with Crippen LogP contribution in [0.4, 0.5) is 0 Å². The molecular formula is C18H12ClN3O2S. The molecule has 0 aliphatic rings. The highest BCUT2D eigenvalue weighted by Gasteiger charge is 2.17. The molecule has 0 aliphatic carbocycles. The molecule has 5 nitrogen and oxygen atoms in total. The maximum absolute atomic E-state index is 10.5. The molecule has 0 aliphatic heterocycles. The Bertz CT molecular complexity index is 1090. The number of nitrogens with zero attached hydrogens (tertiary/aromatic N) is 3. The highest BCUT2D eigenvalue weighted by atomic mass is 35.5. The molecule has 0 bridgehead atoms. The summed E-state index contributed by atoms with van der Waals surface area (Å²) in [6.45, 7) is 2.36. The van der Waals surface area contributed by atoms with E-state index in [0.29, 0.717) is 16.6 Å². The second-order valence-corrected chi connectivity index (χ2v) is 6.69. The number of hydrogen-bond donors (Lipinski definition) is 0. The molecule has 124 valence electrons. The van der Waals surface area contributed by atoms with Crippen LogP contribution in [0.25, 0.3) is 27.3 Å². The van der Waals surface area contributed by atoms with Crippen LogP contribution in [0.15, 0.2) is 47.8 Å². The zero-order valence-electron chi connectivity index (χ0n) is 13.1. The van der Waals surface area contributed by atoms with E-state index in [1.54, 1.807) is 10.1 Å². The minimum atomic E-state index is 0.254. The first-order valence-corrected chi connectivity index (χ1v) is 8.73. The van der Waals surface area contributed by atoms with Crippen molar-refractivity contribution in [2.24, 2.45) is 0 Å². The number of carbonyl (C=O) groups excluding carboxylic acids is 1. The Labute approximate surface area is 152 Å². The molecule has 0 unspecified atom stereocenters. The van der Waals surface area contributed by atoms with Crippen molar-refractivity contribution in [3.63, 3.8) is 0 Å². The van der Waals surface area contributed by atoms with E-state index in [-0.39, 0.29) is 5.88 Å². The number of rotatable bonds is 4. The molecule has 0 atom stereocenters. The summed E-state index contributed by atoms with van der Waals surface area (Å²) in [4.78, 5) is 14.8. The molecule has 0 amide bonds. The largest absolute Gasteiger partial charge is 0.409 e. The maximum Gasteiger partial charge on any atom is 0.299 e. The van der Waals surface area contributed by atoms with Crippen molar-refractivity contribution < 1.29 is 9.53 Å². The van der Waals surface area contributed by atoms with E-state index >= 15 is 0 Å². The fraction of sp³-hybridized carbons (Fsp3) is 0.0556. The lowest BCUT2D eigenvalue weighted by Gasteiger charge is -2.02. The molecular weight excluding hydrogens is 358 g/mol. The Balaban J connectivity index is 1.93. The fourth-order valence-electron chi connectivity index (χ4n) is 2.67. The number of carbonyl (C=O) groups is 1. The van der Waals surface area contributed by atoms with E-state index in [1.807, 2.05) is 49.4 Å². The summed E-state index contributed by atoms with van der Waals surface area (Å²) < 4.78 is 6.54. The number of halogens is 1. The van der Waals surface area contributed by atoms with Gasteiger partial charge in [-0.05, 0) is 24.6 Å². The first-order valence-electron chi connectivity index (χ1n) is 7.48. The smallest absolute Gasteiger partial charge is 0.299 e. The van der Waals surface area contributed by atoms with Gasteiger partial charge in [-0.3, -0.25) is 4.79 Å². The number of aromatic nitrogens is 3. The SMILES string of the molecule is Cc1ccc(-c2nn(-c3nc(OC=O)cs3)c3ccccc23)c(Cl)c1. The Morgan fingerprint density at radius 1 is 1.24 bits per heavy atom. The molecule has 4 rings (SSSR count). The van der Waals surface area contributed by atoms with Crippen molar-refractivity contribution in [3.05, 3.63) is 58.4 Å². The van der Waals surface area contributed by atoms with Crippen LogP contribution in [0, 0.1) is 6.92 Å². The Hall–Kier alpha value is -2.70. The van der Waals surface area contributed by atoms with Crippen LogP contribution in [-0.4, -0.2) is 21.2 Å². The first-order chi connectivity index (χ1) is 12.2. The van der Waals surface area contributed by atoms with Crippen LogP contribution in [0.3, 0.4) is 0 Å². The number of hydrogen-bond acceptors (Lipinski definition) is 5. The minimum Gasteiger partial charge on any atom is -0.409 e. The van der Waals surface area contributed by atoms with Crippen LogP contribution >= 0.6 is 22.9 Å². The van der Waals surface area contributed by atoms with Gasteiger partial charge in [0.2, 0.25) is 11.0 Å². The second kappa shape index (κ2) is 6.31. The van der Waals surface area contributed by atoms with Gasteiger partial charge < -0.3 is 4.74 Å². The average molecular weight is 370 g/mol. The van der Waals surface area contributed by atoms with Crippen LogP contribution < -0.4 is 4.74 Å². The van der Waals surface area contributed by atoms with Crippen LogP contribution in [0.5, 0.6) is 5.88 Å². The topological polar surface area (TPSA) is 57.0 Å². The van der Waals surface area contributed by atoms with Crippen molar-refractivity contribution in [2.75, 3.05) is 0 Å². The third-order valence-corrected chi connectivity index (χ3v) is 4.90. The molecule has 0 radical (unpaired) electrons. The Morgan fingerprint density at radius 3 is 2.88 bits per heavy atom. The molecule has 0 saturated heterocycles. The summed E-state index contributed by atoms with van der Waals surface area (Å²) in [7, 11) is 0. The maximum atomic E-state index is 10.5. The van der Waals surface area contributed by atoms with Crippen LogP contribution in [-0.2, 0) is 4.79 Å². The monoisotopic (exact) mass is 369 g/mol. The standard InChI is InChI=1S/C18H12ClN3O2S/c1-11-6-7-12(14(19)8-11)17-13-4-2-3-5-15(13)22(21-17)18-20-16(9-25-18)24-10-23/h2-10H,1H3. The van der Waals surface area contributed by atoms with Gasteiger partial charge in [-0.15, -0.1) is 0 Å². The normalized spacial score (nSPS) is 11.0. The number of ether oxygens (including phenoxy) is 1. The number of para-hydroxylation sites is 1. The highest BCUT2D eigenvalue weighted by molar-refractivity contribution is 7.12. The summed E-state index contributed by atoms with van der Waals surface area (Å²) >= 11 is 7.79. The number of benzene rings is 2. The van der Waals surface area contributed by atoms with E-state index < -0.39 is 0 Å². The van der Waals surface area contributed by atoms with Crippen molar-refractivity contribution in [2.45, 2.75) is 6.92 Å². The molecule has 0 N–H and O–H groups in total. The predicted octanol–water partition coefficient (Wildman–Crippen LogP) is 4.65. The van der Waals surface area contributed by atoms with E-state index in [9.17, 15) is 4.79 Å². The molecule has 0 spiro atoms. The van der Waals surface area contributed by atoms with Gasteiger partial charge in [0.05, 0.1) is 15.9 Å². The van der Waals surface area contributed by atoms with Gasteiger partial charge in [-0.25, -0.2) is 4.68 Å². The summed E-state index contributed by atoms with van der Waals surface area (Å²) in [6, 6.07) is 13.8. The lowest BCUT2D eigenvalue weighted by atomic mass is 10.1. The van der Waals surface area contributed by atoms with Gasteiger partial charge in [-0.2, -0.15) is 10.1 Å². The zero-order chi connectivity index (χ0) is 17.4. The summed E-state index contributed by atoms with van der Waals surface area (Å²) in [5, 5.41) is 8.63. The Morgan fingerprint density at radius 2 is 2.08 bits per heavy atom. The third kappa shape index (κ3) is 2.79. The van der Waals surface area contributed by atoms with Crippen molar-refractivity contribution in [3.8, 4) is 22.3 Å². The number of aryl methyl sites for hydroxylation is 1. The zero-order valence-corrected chi connectivity index (χ0v) is 14.7. The summed E-state index contributed by atoms with van der Waals surface area (Å²) in [6.07, 6.45) is 0. The fourth-order valence-corrected chi connectivity index (χ4v) is 3.69. The minimum absolute atomic E-state index is 0.254. The van der Waals surface area contributed by atoms with Crippen molar-refractivity contribution in [1.29, 1.82) is 0 Å². The number of thiazole rings is 1. The van der Waals surface area contributed by atoms with Gasteiger partial charge in [0.25, 0.3) is 6.47 Å². The molecule has 2 aromatic carbocycles. The average Bonchev–Trinajstić information content (AvgIpc) is 3.20. The molecule has 0 saturated carbocycles. The quantitative estimate of drug-likeness (QED) is 0.491. The van der Waals surface area contributed by atoms with Crippen LogP contribution in [0.2, 0.25) is 5.02 Å². The lowest BCUT2D eigenvalue weighted by Crippen LogP contribution is -1.96. The predicted molar refractivity (Wildman–Crippen MR) is 98.6 cm³/mol. The third-order valence-electron chi connectivity index (χ3n) is 3.79. The summed E-state index contributed by atoms with van der Waals surface area (Å²) in [5.74, 6) is 0.254. The van der Waals surface area contributed by atoms with Crippen LogP contribution in [0.1, 0.15) is 5.56 Å². The first kappa shape index (κ1) is 15.8. The molecule has 2 aromatic heterocycles. The Kier molecular flexibility index (Phi) is 3.99. The van der Waals surface area contributed by atoms with Gasteiger partial charge in [-0.1, -0.05) is 53.3 Å². The second-order valence-electron chi connectivity index (χ2n) is 5.44. The van der Waals surface area contributed by atoms with Gasteiger partial charge in [0.15, 0.2) is 0 Å². The van der Waals surface area contributed by atoms with Gasteiger partial charge in [0, 0.05) is 10.9 Å². The summed E-state index contributed by atoms with van der Waals surface area (Å²) in [5.41, 5.74) is 3.64. The van der Waals surface area contributed by atoms with Crippen molar-refractivity contribution >= 4 is 40.3 Å². The highest BCUT2D eigenvalue weighted by Crippen LogP contribution is 2.35. The lowest BCUT2D eigenvalue weighted by molar-refractivity contribution is -0.120. The van der Waals surface area contributed by atoms with E-state index in [4.69, 9.17) is 21.4 Å². The van der Waals surface area contributed by atoms with E-state index in [2.05, 4.69) is 4.98 Å². The molecule has 0 fully saturated rings. The van der Waals surface area contributed by atoms with Crippen molar-refractivity contribution in [1.82, 2.24) is 14.8 Å². The number of fused-ring (bicyclic) bond motifs is 1. The molecule has 2 heterocycles. The van der Waals surface area contributed by atoms with E-state index in [1.165, 1.54) is 11.3 Å².